The van der Waals surface area contributed by atoms with Gasteiger partial charge in [-0.15, -0.1) is 0 Å². The molecule has 0 N–H and O–H groups in total. The van der Waals surface area contributed by atoms with Crippen LogP contribution in [0.4, 0.5) is 5.69 Å². The Morgan fingerprint density at radius 2 is 1.68 bits per heavy atom. The Morgan fingerprint density at radius 1 is 1.00 bits per heavy atom. The lowest BCUT2D eigenvalue weighted by Crippen LogP contribution is -2.41. The van der Waals surface area contributed by atoms with Crippen molar-refractivity contribution in [2.24, 2.45) is 0 Å². The molecule has 9 nitrogen and oxygen atoms in total. The Balaban J connectivity index is 1.81. The summed E-state index contributed by atoms with van der Waals surface area (Å²) in [6.45, 7) is 5.07. The third-order valence-corrected chi connectivity index (χ3v) is 7.06. The molecule has 4 rings (SSSR count). The SMILES string of the molecule is CCc1ccc(-n2c(C(CC)N(CCN(C)C)C(=O)/C=C/c3ccc([N+](=O)[O-])cc3)nc3ccccc3c2=O)cc1. The third-order valence-electron chi connectivity index (χ3n) is 7.06. The first-order valence-corrected chi connectivity index (χ1v) is 13.7. The van der Waals surface area contributed by atoms with Gasteiger partial charge in [-0.05, 0) is 80.5 Å². The van der Waals surface area contributed by atoms with Gasteiger partial charge in [0.1, 0.15) is 5.82 Å². The zero-order chi connectivity index (χ0) is 29.5. The molecule has 0 saturated carbocycles. The fourth-order valence-corrected chi connectivity index (χ4v) is 4.74. The molecule has 3 aromatic carbocycles. The largest absolute Gasteiger partial charge is 0.328 e. The molecule has 1 atom stereocenters. The summed E-state index contributed by atoms with van der Waals surface area (Å²) in [6.07, 6.45) is 4.52. The van der Waals surface area contributed by atoms with Crippen molar-refractivity contribution in [3.05, 3.63) is 116 Å². The molecule has 1 amide bonds. The third kappa shape index (κ3) is 6.75. The van der Waals surface area contributed by atoms with Gasteiger partial charge in [0.2, 0.25) is 5.91 Å². The number of likely N-dealkylation sites (N-methyl/N-ethyl adjacent to an activating group) is 1. The van der Waals surface area contributed by atoms with Crippen molar-refractivity contribution in [2.75, 3.05) is 27.2 Å². The summed E-state index contributed by atoms with van der Waals surface area (Å²) in [5.74, 6) is 0.253. The number of carbonyl (C=O) groups is 1. The zero-order valence-electron chi connectivity index (χ0n) is 23.9. The molecule has 0 radical (unpaired) electrons. The van der Waals surface area contributed by atoms with E-state index in [1.165, 1.54) is 18.2 Å². The van der Waals surface area contributed by atoms with Crippen LogP contribution in [-0.2, 0) is 11.2 Å². The molecule has 0 aliphatic carbocycles. The first-order chi connectivity index (χ1) is 19.7. The molecule has 0 aliphatic rings. The topological polar surface area (TPSA) is 102 Å². The number of fused-ring (bicyclic) bond motifs is 1. The van der Waals surface area contributed by atoms with Crippen LogP contribution in [-0.4, -0.2) is 57.4 Å². The average molecular weight is 554 g/mol. The number of hydrogen-bond acceptors (Lipinski definition) is 6. The number of benzene rings is 3. The van der Waals surface area contributed by atoms with Gasteiger partial charge < -0.3 is 9.80 Å². The molecule has 41 heavy (non-hydrogen) atoms. The van der Waals surface area contributed by atoms with E-state index >= 15 is 0 Å². The van der Waals surface area contributed by atoms with Crippen molar-refractivity contribution < 1.29 is 9.72 Å². The molecule has 1 heterocycles. The maximum Gasteiger partial charge on any atom is 0.269 e. The summed E-state index contributed by atoms with van der Waals surface area (Å²) in [5, 5.41) is 11.5. The predicted octanol–water partition coefficient (Wildman–Crippen LogP) is 5.41. The smallest absolute Gasteiger partial charge is 0.269 e. The van der Waals surface area contributed by atoms with E-state index in [9.17, 15) is 19.7 Å². The predicted molar refractivity (Wildman–Crippen MR) is 162 cm³/mol. The van der Waals surface area contributed by atoms with Crippen molar-refractivity contribution in [3.8, 4) is 5.69 Å². The van der Waals surface area contributed by atoms with Gasteiger partial charge in [0.15, 0.2) is 0 Å². The number of aromatic nitrogens is 2. The van der Waals surface area contributed by atoms with E-state index in [-0.39, 0.29) is 17.2 Å². The number of carbonyl (C=O) groups excluding carboxylic acids is 1. The van der Waals surface area contributed by atoms with Crippen LogP contribution >= 0.6 is 0 Å². The van der Waals surface area contributed by atoms with E-state index in [1.54, 1.807) is 33.7 Å². The van der Waals surface area contributed by atoms with Crippen molar-refractivity contribution in [3.63, 3.8) is 0 Å². The molecule has 212 valence electrons. The zero-order valence-corrected chi connectivity index (χ0v) is 23.9. The van der Waals surface area contributed by atoms with E-state index in [0.717, 1.165) is 12.0 Å². The highest BCUT2D eigenvalue weighted by molar-refractivity contribution is 5.92. The summed E-state index contributed by atoms with van der Waals surface area (Å²) in [7, 11) is 3.88. The quantitative estimate of drug-likeness (QED) is 0.140. The van der Waals surface area contributed by atoms with E-state index in [0.29, 0.717) is 47.5 Å². The molecular weight excluding hydrogens is 518 g/mol. The lowest BCUT2D eigenvalue weighted by molar-refractivity contribution is -0.384. The van der Waals surface area contributed by atoms with Gasteiger partial charge in [-0.1, -0.05) is 38.1 Å². The highest BCUT2D eigenvalue weighted by Crippen LogP contribution is 2.27. The van der Waals surface area contributed by atoms with Crippen LogP contribution in [0, 0.1) is 10.1 Å². The Labute approximate surface area is 239 Å². The number of rotatable bonds is 11. The fourth-order valence-electron chi connectivity index (χ4n) is 4.74. The molecule has 1 aromatic heterocycles. The van der Waals surface area contributed by atoms with E-state index < -0.39 is 11.0 Å². The number of nitrogens with zero attached hydrogens (tertiary/aromatic N) is 5. The van der Waals surface area contributed by atoms with E-state index in [4.69, 9.17) is 4.98 Å². The first kappa shape index (κ1) is 29.4. The lowest BCUT2D eigenvalue weighted by atomic mass is 10.1. The monoisotopic (exact) mass is 553 g/mol. The number of amides is 1. The number of nitro benzene ring substituents is 1. The molecule has 9 heteroatoms. The average Bonchev–Trinajstić information content (AvgIpc) is 2.98. The van der Waals surface area contributed by atoms with Gasteiger partial charge >= 0.3 is 0 Å². The van der Waals surface area contributed by atoms with Crippen LogP contribution in [0.25, 0.3) is 22.7 Å². The van der Waals surface area contributed by atoms with Gasteiger partial charge in [0.05, 0.1) is 27.6 Å². The van der Waals surface area contributed by atoms with Gasteiger partial charge in [0.25, 0.3) is 11.2 Å². The van der Waals surface area contributed by atoms with Crippen LogP contribution in [0.3, 0.4) is 0 Å². The molecule has 1 unspecified atom stereocenters. The van der Waals surface area contributed by atoms with Crippen LogP contribution in [0.5, 0.6) is 0 Å². The second-order valence-electron chi connectivity index (χ2n) is 10.1. The second kappa shape index (κ2) is 13.1. The second-order valence-corrected chi connectivity index (χ2v) is 10.1. The fraction of sp³-hybridized carbons (Fsp3) is 0.281. The summed E-state index contributed by atoms with van der Waals surface area (Å²) in [6, 6.07) is 20.6. The minimum atomic E-state index is -0.493. The van der Waals surface area contributed by atoms with Crippen LogP contribution in [0.15, 0.2) is 83.7 Å². The summed E-state index contributed by atoms with van der Waals surface area (Å²) in [5.41, 5.74) is 2.90. The van der Waals surface area contributed by atoms with Gasteiger partial charge in [-0.2, -0.15) is 0 Å². The van der Waals surface area contributed by atoms with E-state index in [2.05, 4.69) is 6.92 Å². The van der Waals surface area contributed by atoms with Crippen molar-refractivity contribution in [1.29, 1.82) is 0 Å². The number of hydrogen-bond donors (Lipinski definition) is 0. The Bertz CT molecular complexity index is 1610. The highest BCUT2D eigenvalue weighted by atomic mass is 16.6. The molecule has 0 aliphatic heterocycles. The summed E-state index contributed by atoms with van der Waals surface area (Å²) < 4.78 is 1.63. The normalized spacial score (nSPS) is 12.2. The van der Waals surface area contributed by atoms with E-state index in [1.807, 2.05) is 68.4 Å². The minimum absolute atomic E-state index is 0.0144. The van der Waals surface area contributed by atoms with Gasteiger partial charge in [0, 0.05) is 31.3 Å². The van der Waals surface area contributed by atoms with Gasteiger partial charge in [-0.25, -0.2) is 4.98 Å². The van der Waals surface area contributed by atoms with Gasteiger partial charge in [-0.3, -0.25) is 24.3 Å². The van der Waals surface area contributed by atoms with Crippen LogP contribution in [0.1, 0.15) is 43.3 Å². The number of nitro groups is 1. The maximum absolute atomic E-state index is 13.9. The Morgan fingerprint density at radius 3 is 2.29 bits per heavy atom. The number of para-hydroxylation sites is 1. The number of non-ortho nitro benzene ring substituents is 1. The molecule has 0 fully saturated rings. The minimum Gasteiger partial charge on any atom is -0.328 e. The van der Waals surface area contributed by atoms with Crippen molar-refractivity contribution >= 4 is 28.6 Å². The van der Waals surface area contributed by atoms with Crippen molar-refractivity contribution in [1.82, 2.24) is 19.4 Å². The standard InChI is InChI=1S/C32H35N5O4/c1-5-23-11-16-25(17-12-23)36-31(33-28-10-8-7-9-27(28)32(36)39)29(6-2)35(22-21-34(3)4)30(38)20-15-24-13-18-26(19-14-24)37(40)41/h7-20,29H,5-6,21-22H2,1-4H3/b20-15+. The Kier molecular flexibility index (Phi) is 9.41. The number of aryl methyl sites for hydroxylation is 1. The highest BCUT2D eigenvalue weighted by Gasteiger charge is 2.28. The molecule has 0 bridgehead atoms. The first-order valence-electron chi connectivity index (χ1n) is 13.7. The molecule has 0 saturated heterocycles. The maximum atomic E-state index is 13.9. The molecule has 0 spiro atoms. The summed E-state index contributed by atoms with van der Waals surface area (Å²) in [4.78, 5) is 46.9. The van der Waals surface area contributed by atoms with Crippen LogP contribution < -0.4 is 5.56 Å². The molecular formula is C32H35N5O4. The summed E-state index contributed by atoms with van der Waals surface area (Å²) >= 11 is 0. The van der Waals surface area contributed by atoms with Crippen molar-refractivity contribution in [2.45, 2.75) is 32.7 Å². The molecule has 4 aromatic rings. The van der Waals surface area contributed by atoms with Crippen LogP contribution in [0.2, 0.25) is 0 Å². The lowest BCUT2D eigenvalue weighted by Gasteiger charge is -2.32. The Hall–Kier alpha value is -4.63.